The van der Waals surface area contributed by atoms with Crippen LogP contribution in [0.25, 0.3) is 0 Å². The Morgan fingerprint density at radius 2 is 1.57 bits per heavy atom. The molecule has 2 aromatic rings. The molecule has 0 aromatic heterocycles. The average molecular weight is 297 g/mol. The summed E-state index contributed by atoms with van der Waals surface area (Å²) >= 11 is 0. The van der Waals surface area contributed by atoms with Gasteiger partial charge in [-0.3, -0.25) is 5.73 Å². The number of alkyl halides is 3. The van der Waals surface area contributed by atoms with Crippen LogP contribution in [0.3, 0.4) is 0 Å². The first-order valence-corrected chi connectivity index (χ1v) is 6.21. The summed E-state index contributed by atoms with van der Waals surface area (Å²) in [6.07, 6.45) is -5.22. The molecule has 2 atom stereocenters. The molecule has 0 spiro atoms. The lowest BCUT2D eigenvalue weighted by Gasteiger charge is -2.25. The fraction of sp³-hybridized carbons (Fsp3) is 0.200. The maximum absolute atomic E-state index is 14.1. The predicted octanol–water partition coefficient (Wildman–Crippen LogP) is 3.19. The molecule has 2 aromatic carbocycles. The molecule has 21 heavy (non-hydrogen) atoms. The zero-order valence-corrected chi connectivity index (χ0v) is 10.9. The normalized spacial score (nSPS) is 14.5. The average Bonchev–Trinajstić information content (AvgIpc) is 2.47. The third kappa shape index (κ3) is 3.34. The first-order chi connectivity index (χ1) is 9.93. The summed E-state index contributed by atoms with van der Waals surface area (Å²) in [4.78, 5) is 0. The van der Waals surface area contributed by atoms with Gasteiger partial charge in [0.25, 0.3) is 0 Å². The fourth-order valence-electron chi connectivity index (χ4n) is 1.81. The monoisotopic (exact) mass is 297 g/mol. The minimum atomic E-state index is -3.88. The zero-order valence-electron chi connectivity index (χ0n) is 10.9. The number of hydrogen-bond donors (Lipinski definition) is 2. The summed E-state index contributed by atoms with van der Waals surface area (Å²) in [5, 5.41) is 9.29. The first kappa shape index (κ1) is 15.3. The highest BCUT2D eigenvalue weighted by molar-refractivity contribution is 5.41. The second-order valence-electron chi connectivity index (χ2n) is 4.42. The molecule has 0 fully saturated rings. The number of nitrogens with two attached hydrogens (primary N) is 1. The molecule has 0 saturated carbocycles. The zero-order chi connectivity index (χ0) is 15.5. The Hall–Kier alpha value is -2.05. The molecular formula is C15H14F3NO2. The fourth-order valence-corrected chi connectivity index (χ4v) is 1.81. The van der Waals surface area contributed by atoms with E-state index in [0.717, 1.165) is 6.07 Å². The molecule has 0 aliphatic heterocycles. The van der Waals surface area contributed by atoms with Crippen LogP contribution in [-0.4, -0.2) is 17.5 Å². The van der Waals surface area contributed by atoms with Gasteiger partial charge in [-0.1, -0.05) is 30.3 Å². The first-order valence-electron chi connectivity index (χ1n) is 6.21. The summed E-state index contributed by atoms with van der Waals surface area (Å²) < 4.78 is 46.4. The van der Waals surface area contributed by atoms with Crippen LogP contribution in [0.4, 0.5) is 13.2 Å². The second-order valence-corrected chi connectivity index (χ2v) is 4.42. The molecule has 0 heterocycles. The van der Waals surface area contributed by atoms with Gasteiger partial charge in [-0.15, -0.1) is 0 Å². The highest BCUT2D eigenvalue weighted by atomic mass is 19.3. The quantitative estimate of drug-likeness (QED) is 0.833. The van der Waals surface area contributed by atoms with Crippen molar-refractivity contribution in [1.82, 2.24) is 0 Å². The van der Waals surface area contributed by atoms with Crippen molar-refractivity contribution >= 4 is 0 Å². The van der Waals surface area contributed by atoms with Crippen LogP contribution in [0.1, 0.15) is 5.56 Å². The van der Waals surface area contributed by atoms with Crippen LogP contribution in [0, 0.1) is 0 Å². The largest absolute Gasteiger partial charge is 0.457 e. The van der Waals surface area contributed by atoms with Gasteiger partial charge in [0.15, 0.2) is 12.4 Å². The Bertz CT molecular complexity index is 590. The number of benzene rings is 2. The van der Waals surface area contributed by atoms with Crippen molar-refractivity contribution in [3.8, 4) is 11.5 Å². The second kappa shape index (κ2) is 6.15. The number of para-hydroxylation sites is 2. The van der Waals surface area contributed by atoms with Crippen molar-refractivity contribution in [2.24, 2.45) is 5.73 Å². The van der Waals surface area contributed by atoms with Crippen molar-refractivity contribution in [3.05, 3.63) is 60.2 Å². The molecule has 0 aliphatic carbocycles. The van der Waals surface area contributed by atoms with Crippen LogP contribution in [-0.2, 0) is 5.92 Å². The number of halogens is 3. The van der Waals surface area contributed by atoms with E-state index < -0.39 is 23.9 Å². The summed E-state index contributed by atoms with van der Waals surface area (Å²) in [5.74, 6) is -3.70. The van der Waals surface area contributed by atoms with Gasteiger partial charge < -0.3 is 9.84 Å². The van der Waals surface area contributed by atoms with Gasteiger partial charge in [0.05, 0.1) is 5.56 Å². The van der Waals surface area contributed by atoms with Gasteiger partial charge in [-0.2, -0.15) is 8.78 Å². The Labute approximate surface area is 119 Å². The van der Waals surface area contributed by atoms with Crippen molar-refractivity contribution in [2.45, 2.75) is 18.3 Å². The van der Waals surface area contributed by atoms with E-state index in [1.54, 1.807) is 30.3 Å². The molecular weight excluding hydrogens is 283 g/mol. The van der Waals surface area contributed by atoms with E-state index in [2.05, 4.69) is 0 Å². The molecule has 0 aliphatic rings. The van der Waals surface area contributed by atoms with Crippen LogP contribution < -0.4 is 10.5 Å². The number of rotatable bonds is 5. The van der Waals surface area contributed by atoms with E-state index >= 15 is 0 Å². The third-order valence-corrected chi connectivity index (χ3v) is 2.89. The highest BCUT2D eigenvalue weighted by Crippen LogP contribution is 2.40. The summed E-state index contributed by atoms with van der Waals surface area (Å²) in [6, 6.07) is 13.5. The van der Waals surface area contributed by atoms with Crippen molar-refractivity contribution in [3.63, 3.8) is 0 Å². The molecule has 0 amide bonds. The summed E-state index contributed by atoms with van der Waals surface area (Å²) in [7, 11) is 0. The Morgan fingerprint density at radius 1 is 1.00 bits per heavy atom. The van der Waals surface area contributed by atoms with Crippen molar-refractivity contribution in [2.75, 3.05) is 0 Å². The number of hydrogen-bond acceptors (Lipinski definition) is 3. The lowest BCUT2D eigenvalue weighted by Crippen LogP contribution is -2.43. The van der Waals surface area contributed by atoms with Crippen LogP contribution in [0.2, 0.25) is 0 Å². The van der Waals surface area contributed by atoms with Crippen LogP contribution in [0.5, 0.6) is 11.5 Å². The van der Waals surface area contributed by atoms with E-state index in [0.29, 0.717) is 5.75 Å². The molecule has 6 heteroatoms. The smallest absolute Gasteiger partial charge is 0.306 e. The minimum absolute atomic E-state index is 0.173. The van der Waals surface area contributed by atoms with Gasteiger partial charge >= 0.3 is 5.92 Å². The highest BCUT2D eigenvalue weighted by Gasteiger charge is 2.46. The van der Waals surface area contributed by atoms with Crippen molar-refractivity contribution < 1.29 is 23.0 Å². The van der Waals surface area contributed by atoms with E-state index in [9.17, 15) is 18.3 Å². The molecule has 2 unspecified atom stereocenters. The standard InChI is InChI=1S/C15H14F3NO2/c16-14(19)13(20)15(17,18)11-8-4-5-9-12(11)21-10-6-2-1-3-7-10/h1-9,13-14,20H,19H2. The maximum atomic E-state index is 14.1. The van der Waals surface area contributed by atoms with Crippen molar-refractivity contribution in [1.29, 1.82) is 0 Å². The lowest BCUT2D eigenvalue weighted by atomic mass is 10.0. The predicted molar refractivity (Wildman–Crippen MR) is 71.9 cm³/mol. The van der Waals surface area contributed by atoms with Gasteiger partial charge in [0.1, 0.15) is 11.5 Å². The molecule has 112 valence electrons. The SMILES string of the molecule is NC(F)C(O)C(F)(F)c1ccccc1Oc1ccccc1. The Kier molecular flexibility index (Phi) is 4.50. The molecule has 0 bridgehead atoms. The number of aliphatic hydroxyl groups excluding tert-OH is 1. The van der Waals surface area contributed by atoms with Gasteiger partial charge in [0.2, 0.25) is 0 Å². The topological polar surface area (TPSA) is 55.5 Å². The van der Waals surface area contributed by atoms with Crippen LogP contribution in [0.15, 0.2) is 54.6 Å². The Morgan fingerprint density at radius 3 is 2.19 bits per heavy atom. The third-order valence-electron chi connectivity index (χ3n) is 2.89. The molecule has 0 saturated heterocycles. The van der Waals surface area contributed by atoms with Gasteiger partial charge in [-0.25, -0.2) is 4.39 Å². The van der Waals surface area contributed by atoms with Gasteiger partial charge in [-0.05, 0) is 24.3 Å². The van der Waals surface area contributed by atoms with E-state index in [1.807, 2.05) is 0 Å². The Balaban J connectivity index is 2.37. The molecule has 3 N–H and O–H groups in total. The van der Waals surface area contributed by atoms with E-state index in [4.69, 9.17) is 10.5 Å². The van der Waals surface area contributed by atoms with E-state index in [-0.39, 0.29) is 5.75 Å². The minimum Gasteiger partial charge on any atom is -0.457 e. The van der Waals surface area contributed by atoms with Gasteiger partial charge in [0, 0.05) is 0 Å². The van der Waals surface area contributed by atoms with E-state index in [1.165, 1.54) is 18.2 Å². The molecule has 0 radical (unpaired) electrons. The lowest BCUT2D eigenvalue weighted by molar-refractivity contribution is -0.142. The van der Waals surface area contributed by atoms with Crippen LogP contribution >= 0.6 is 0 Å². The number of aliphatic hydroxyl groups is 1. The molecule has 3 nitrogen and oxygen atoms in total. The maximum Gasteiger partial charge on any atom is 0.306 e. The summed E-state index contributed by atoms with van der Waals surface area (Å²) in [5.41, 5.74) is 4.09. The number of ether oxygens (including phenoxy) is 1. The summed E-state index contributed by atoms with van der Waals surface area (Å²) in [6.45, 7) is 0. The molecule has 2 rings (SSSR count).